The van der Waals surface area contributed by atoms with E-state index in [0.29, 0.717) is 40.4 Å². The second-order valence-electron chi connectivity index (χ2n) is 9.42. The summed E-state index contributed by atoms with van der Waals surface area (Å²) in [5.74, 6) is 1.24. The molecule has 6 nitrogen and oxygen atoms in total. The van der Waals surface area contributed by atoms with Gasteiger partial charge in [-0.3, -0.25) is 9.69 Å². The van der Waals surface area contributed by atoms with Crippen LogP contribution in [0.2, 0.25) is 10.0 Å². The first kappa shape index (κ1) is 25.0. The molecule has 0 spiro atoms. The number of aromatic nitrogens is 1. The van der Waals surface area contributed by atoms with E-state index in [1.165, 1.54) is 0 Å². The van der Waals surface area contributed by atoms with Crippen LogP contribution in [0.1, 0.15) is 54.2 Å². The first-order chi connectivity index (χ1) is 16.2. The van der Waals surface area contributed by atoms with E-state index in [2.05, 4.69) is 31.1 Å². The molecule has 1 aliphatic heterocycles. The number of hydrogen-bond acceptors (Lipinski definition) is 6. The Balaban J connectivity index is 1.31. The number of amides is 1. The Morgan fingerprint density at radius 3 is 2.74 bits per heavy atom. The number of halogens is 2. The van der Waals surface area contributed by atoms with E-state index in [0.717, 1.165) is 36.8 Å². The summed E-state index contributed by atoms with van der Waals surface area (Å²) in [5.41, 5.74) is 1.17. The first-order valence-electron chi connectivity index (χ1n) is 11.3. The molecule has 0 saturated carbocycles. The highest BCUT2D eigenvalue weighted by Crippen LogP contribution is 2.32. The van der Waals surface area contributed by atoms with Crippen molar-refractivity contribution in [3.05, 3.63) is 68.0 Å². The minimum Gasteiger partial charge on any atom is -0.484 e. The molecule has 1 fully saturated rings. The summed E-state index contributed by atoms with van der Waals surface area (Å²) in [4.78, 5) is 22.1. The van der Waals surface area contributed by atoms with Crippen molar-refractivity contribution in [3.63, 3.8) is 0 Å². The molecule has 9 heteroatoms. The van der Waals surface area contributed by atoms with E-state index in [-0.39, 0.29) is 17.9 Å². The molecule has 3 aromatic rings. The molecule has 0 bridgehead atoms. The van der Waals surface area contributed by atoms with Gasteiger partial charge < -0.3 is 14.1 Å². The lowest BCUT2D eigenvalue weighted by Crippen LogP contribution is -2.35. The van der Waals surface area contributed by atoms with Gasteiger partial charge in [0.2, 0.25) is 0 Å². The zero-order valence-corrected chi connectivity index (χ0v) is 22.0. The van der Waals surface area contributed by atoms with Crippen LogP contribution in [0.5, 0.6) is 5.75 Å². The average Bonchev–Trinajstić information content (AvgIpc) is 3.40. The predicted molar refractivity (Wildman–Crippen MR) is 136 cm³/mol. The molecule has 1 saturated heterocycles. The predicted octanol–water partition coefficient (Wildman–Crippen LogP) is 6.27. The number of rotatable bonds is 6. The molecule has 0 radical (unpaired) electrons. The highest BCUT2D eigenvalue weighted by atomic mass is 35.5. The van der Waals surface area contributed by atoms with Crippen molar-refractivity contribution in [3.8, 4) is 5.75 Å². The molecule has 34 heavy (non-hydrogen) atoms. The summed E-state index contributed by atoms with van der Waals surface area (Å²) in [6.07, 6.45) is 0.909. The lowest BCUT2D eigenvalue weighted by atomic mass is 9.98. The molecule has 2 aromatic heterocycles. The smallest absolute Gasteiger partial charge is 0.289 e. The van der Waals surface area contributed by atoms with Crippen LogP contribution in [-0.2, 0) is 18.6 Å². The summed E-state index contributed by atoms with van der Waals surface area (Å²) < 4.78 is 11.5. The van der Waals surface area contributed by atoms with E-state index in [9.17, 15) is 4.79 Å². The second kappa shape index (κ2) is 10.7. The van der Waals surface area contributed by atoms with E-state index in [4.69, 9.17) is 37.3 Å². The number of nitrogens with zero attached hydrogens (tertiary/aromatic N) is 3. The van der Waals surface area contributed by atoms with E-state index >= 15 is 0 Å². The molecular formula is C25H29Cl2N3O3S. The number of carbonyl (C=O) groups is 1. The van der Waals surface area contributed by atoms with E-state index in [1.807, 2.05) is 4.90 Å². The minimum atomic E-state index is -0.0995. The Morgan fingerprint density at radius 2 is 1.97 bits per heavy atom. The Hall–Kier alpha value is -2.06. The molecule has 4 rings (SSSR count). The zero-order chi connectivity index (χ0) is 24.3. The maximum atomic E-state index is 13.0. The summed E-state index contributed by atoms with van der Waals surface area (Å²) in [7, 11) is 0. The summed E-state index contributed by atoms with van der Waals surface area (Å²) in [6, 6.07) is 8.66. The fourth-order valence-electron chi connectivity index (χ4n) is 3.76. The van der Waals surface area contributed by atoms with Gasteiger partial charge in [0.15, 0.2) is 5.76 Å². The van der Waals surface area contributed by atoms with Crippen molar-refractivity contribution >= 4 is 40.4 Å². The fraction of sp³-hybridized carbons (Fsp3) is 0.440. The lowest BCUT2D eigenvalue weighted by molar-refractivity contribution is 0.0725. The lowest BCUT2D eigenvalue weighted by Gasteiger charge is -2.21. The number of benzene rings is 1. The molecule has 182 valence electrons. The van der Waals surface area contributed by atoms with Gasteiger partial charge in [-0.25, -0.2) is 4.98 Å². The molecule has 0 unspecified atom stereocenters. The Morgan fingerprint density at radius 1 is 1.15 bits per heavy atom. The van der Waals surface area contributed by atoms with Crippen LogP contribution in [0, 0.1) is 0 Å². The molecule has 0 atom stereocenters. The fourth-order valence-corrected chi connectivity index (χ4v) is 5.00. The Bertz CT molecular complexity index is 1140. The van der Waals surface area contributed by atoms with Crippen LogP contribution in [0.25, 0.3) is 0 Å². The van der Waals surface area contributed by atoms with Crippen LogP contribution in [0.3, 0.4) is 0 Å². The molecular weight excluding hydrogens is 493 g/mol. The van der Waals surface area contributed by atoms with Crippen molar-refractivity contribution in [1.82, 2.24) is 14.8 Å². The van der Waals surface area contributed by atoms with Crippen LogP contribution in [-0.4, -0.2) is 46.9 Å². The normalized spacial score (nSPS) is 15.4. The van der Waals surface area contributed by atoms with Gasteiger partial charge in [-0.2, -0.15) is 0 Å². The van der Waals surface area contributed by atoms with Gasteiger partial charge in [-0.1, -0.05) is 50.0 Å². The second-order valence-corrected chi connectivity index (χ2v) is 11.1. The molecule has 1 amide bonds. The van der Waals surface area contributed by atoms with Gasteiger partial charge in [0, 0.05) is 43.5 Å². The Labute approximate surface area is 214 Å². The van der Waals surface area contributed by atoms with Gasteiger partial charge in [0.1, 0.15) is 23.1 Å². The van der Waals surface area contributed by atoms with E-state index < -0.39 is 0 Å². The van der Waals surface area contributed by atoms with Gasteiger partial charge in [0.25, 0.3) is 5.91 Å². The van der Waals surface area contributed by atoms with Crippen molar-refractivity contribution in [1.29, 1.82) is 0 Å². The molecule has 0 aliphatic carbocycles. The Kier molecular flexibility index (Phi) is 7.87. The van der Waals surface area contributed by atoms with Crippen LogP contribution in [0.4, 0.5) is 0 Å². The van der Waals surface area contributed by atoms with Crippen molar-refractivity contribution in [2.75, 3.05) is 26.2 Å². The maximum absolute atomic E-state index is 13.0. The standard InChI is InChI=1S/C25H29Cl2N3O3S/c1-25(2,3)24-28-17(16-34-24)14-29-10-5-11-30(13-12-29)23(31)21-9-8-18(33-21)15-32-20-7-4-6-19(26)22(20)27/h4,6-9,16H,5,10-15H2,1-3H3. The minimum absolute atomic E-state index is 0.0677. The average molecular weight is 522 g/mol. The van der Waals surface area contributed by atoms with Crippen molar-refractivity contribution in [2.45, 2.75) is 45.8 Å². The topological polar surface area (TPSA) is 58.8 Å². The van der Waals surface area contributed by atoms with Crippen LogP contribution >= 0.6 is 34.5 Å². The molecule has 0 N–H and O–H groups in total. The van der Waals surface area contributed by atoms with Crippen molar-refractivity contribution < 1.29 is 13.9 Å². The number of furan rings is 1. The first-order valence-corrected chi connectivity index (χ1v) is 13.0. The monoisotopic (exact) mass is 521 g/mol. The quantitative estimate of drug-likeness (QED) is 0.382. The SMILES string of the molecule is CC(C)(C)c1nc(CN2CCCN(C(=O)c3ccc(COc4cccc(Cl)c4Cl)o3)CC2)cs1. The largest absolute Gasteiger partial charge is 0.484 e. The third-order valence-electron chi connectivity index (χ3n) is 5.61. The third kappa shape index (κ3) is 6.13. The molecule has 3 heterocycles. The van der Waals surface area contributed by atoms with Crippen LogP contribution < -0.4 is 4.74 Å². The van der Waals surface area contributed by atoms with Gasteiger partial charge in [-0.05, 0) is 30.7 Å². The molecule has 1 aliphatic rings. The highest BCUT2D eigenvalue weighted by Gasteiger charge is 2.24. The van der Waals surface area contributed by atoms with Crippen molar-refractivity contribution in [2.24, 2.45) is 0 Å². The van der Waals surface area contributed by atoms with E-state index in [1.54, 1.807) is 41.7 Å². The molecule has 1 aromatic carbocycles. The summed E-state index contributed by atoms with van der Waals surface area (Å²) >= 11 is 13.9. The number of carbonyl (C=O) groups excluding carboxylic acids is 1. The van der Waals surface area contributed by atoms with Crippen LogP contribution in [0.15, 0.2) is 40.1 Å². The number of ether oxygens (including phenoxy) is 1. The number of hydrogen-bond donors (Lipinski definition) is 0. The third-order valence-corrected chi connectivity index (χ3v) is 7.73. The zero-order valence-electron chi connectivity index (χ0n) is 19.6. The summed E-state index contributed by atoms with van der Waals surface area (Å²) in [6.45, 7) is 10.6. The maximum Gasteiger partial charge on any atom is 0.289 e. The summed E-state index contributed by atoms with van der Waals surface area (Å²) in [5, 5.41) is 4.09. The van der Waals surface area contributed by atoms with Gasteiger partial charge >= 0.3 is 0 Å². The van der Waals surface area contributed by atoms with Gasteiger partial charge in [-0.15, -0.1) is 11.3 Å². The van der Waals surface area contributed by atoms with Gasteiger partial charge in [0.05, 0.1) is 15.7 Å². The number of thiazole rings is 1. The highest BCUT2D eigenvalue weighted by molar-refractivity contribution is 7.09.